The minimum Gasteiger partial charge on any atom is -0.465 e. The SMILES string of the molecule is CCOC(=O)Cn1c(=NC(=O)C=Cc2ccc([N+](=O)[O-])s2)sc2c(C)cc(C)cc21. The number of aromatic nitrogens is 1. The lowest BCUT2D eigenvalue weighted by molar-refractivity contribution is -0.380. The summed E-state index contributed by atoms with van der Waals surface area (Å²) < 4.78 is 7.68. The molecule has 156 valence electrons. The summed E-state index contributed by atoms with van der Waals surface area (Å²) in [5.74, 6) is -0.934. The van der Waals surface area contributed by atoms with Gasteiger partial charge in [-0.1, -0.05) is 28.7 Å². The Balaban J connectivity index is 1.99. The fraction of sp³-hybridized carbons (Fsp3) is 0.250. The van der Waals surface area contributed by atoms with E-state index in [1.165, 1.54) is 29.6 Å². The van der Waals surface area contributed by atoms with Gasteiger partial charge < -0.3 is 9.30 Å². The van der Waals surface area contributed by atoms with Crippen molar-refractivity contribution in [2.45, 2.75) is 27.3 Å². The largest absolute Gasteiger partial charge is 0.465 e. The van der Waals surface area contributed by atoms with Gasteiger partial charge in [0.25, 0.3) is 5.91 Å². The number of carbonyl (C=O) groups excluding carboxylic acids is 2. The van der Waals surface area contributed by atoms with E-state index in [2.05, 4.69) is 4.99 Å². The molecule has 0 saturated heterocycles. The van der Waals surface area contributed by atoms with Gasteiger partial charge in [-0.15, -0.1) is 0 Å². The molecule has 0 unspecified atom stereocenters. The van der Waals surface area contributed by atoms with Crippen molar-refractivity contribution in [3.63, 3.8) is 0 Å². The maximum atomic E-state index is 12.4. The lowest BCUT2D eigenvalue weighted by Gasteiger charge is -2.06. The van der Waals surface area contributed by atoms with Crippen molar-refractivity contribution in [2.24, 2.45) is 4.99 Å². The van der Waals surface area contributed by atoms with Crippen LogP contribution in [0.2, 0.25) is 0 Å². The second kappa shape index (κ2) is 9.14. The summed E-state index contributed by atoms with van der Waals surface area (Å²) in [6, 6.07) is 6.93. The predicted octanol–water partition coefficient (Wildman–Crippen LogP) is 3.99. The summed E-state index contributed by atoms with van der Waals surface area (Å²) >= 11 is 2.29. The molecule has 0 spiro atoms. The number of fused-ring (bicyclic) bond motifs is 1. The first kappa shape index (κ1) is 21.6. The Labute approximate surface area is 179 Å². The number of aryl methyl sites for hydroxylation is 2. The topological polar surface area (TPSA) is 104 Å². The number of esters is 1. The van der Waals surface area contributed by atoms with Crippen LogP contribution >= 0.6 is 22.7 Å². The standard InChI is InChI=1S/C20H19N3O5S2/c1-4-28-18(25)11-22-15-10-12(2)9-13(3)19(15)30-20(22)21-16(24)7-5-14-6-8-17(29-14)23(26)27/h5-10H,4,11H2,1-3H3. The zero-order valence-corrected chi connectivity index (χ0v) is 18.2. The number of hydrogen-bond acceptors (Lipinski definition) is 7. The van der Waals surface area contributed by atoms with Crippen LogP contribution in [-0.4, -0.2) is 28.0 Å². The molecule has 0 fully saturated rings. The molecule has 0 aliphatic carbocycles. The Morgan fingerprint density at radius 3 is 2.70 bits per heavy atom. The third-order valence-electron chi connectivity index (χ3n) is 4.10. The number of thiophene rings is 1. The van der Waals surface area contributed by atoms with E-state index in [-0.39, 0.29) is 18.2 Å². The average molecular weight is 446 g/mol. The minimum atomic E-state index is -0.524. The van der Waals surface area contributed by atoms with Gasteiger partial charge in [-0.25, -0.2) is 0 Å². The summed E-state index contributed by atoms with van der Waals surface area (Å²) in [4.78, 5) is 39.9. The molecule has 0 radical (unpaired) electrons. The van der Waals surface area contributed by atoms with Gasteiger partial charge in [-0.3, -0.25) is 19.7 Å². The zero-order chi connectivity index (χ0) is 21.8. The maximum Gasteiger partial charge on any atom is 0.326 e. The van der Waals surface area contributed by atoms with Crippen LogP contribution in [0.4, 0.5) is 5.00 Å². The van der Waals surface area contributed by atoms with Crippen molar-refractivity contribution in [1.29, 1.82) is 0 Å². The third-order valence-corrected chi connectivity index (χ3v) is 6.33. The molecule has 30 heavy (non-hydrogen) atoms. The van der Waals surface area contributed by atoms with E-state index in [9.17, 15) is 19.7 Å². The van der Waals surface area contributed by atoms with E-state index < -0.39 is 16.8 Å². The van der Waals surface area contributed by atoms with Crippen LogP contribution in [0, 0.1) is 24.0 Å². The lowest BCUT2D eigenvalue weighted by Crippen LogP contribution is -2.22. The zero-order valence-electron chi connectivity index (χ0n) is 16.6. The van der Waals surface area contributed by atoms with Gasteiger partial charge in [-0.05, 0) is 50.1 Å². The van der Waals surface area contributed by atoms with Gasteiger partial charge in [0.15, 0.2) is 4.80 Å². The van der Waals surface area contributed by atoms with Crippen LogP contribution in [0.15, 0.2) is 35.3 Å². The van der Waals surface area contributed by atoms with Crippen LogP contribution in [0.5, 0.6) is 0 Å². The highest BCUT2D eigenvalue weighted by atomic mass is 32.1. The smallest absolute Gasteiger partial charge is 0.326 e. The van der Waals surface area contributed by atoms with E-state index >= 15 is 0 Å². The van der Waals surface area contributed by atoms with Crippen molar-refractivity contribution in [3.8, 4) is 0 Å². The van der Waals surface area contributed by atoms with Gasteiger partial charge in [0.2, 0.25) is 0 Å². The second-order valence-electron chi connectivity index (χ2n) is 6.42. The number of thiazole rings is 1. The van der Waals surface area contributed by atoms with Crippen LogP contribution in [-0.2, 0) is 20.9 Å². The molecule has 0 atom stereocenters. The fourth-order valence-corrected chi connectivity index (χ4v) is 4.71. The number of nitro groups is 1. The molecule has 2 heterocycles. The van der Waals surface area contributed by atoms with E-state index in [0.29, 0.717) is 9.68 Å². The molecule has 0 saturated carbocycles. The van der Waals surface area contributed by atoms with Gasteiger partial charge >= 0.3 is 11.0 Å². The number of ether oxygens (including phenoxy) is 1. The fourth-order valence-electron chi connectivity index (χ4n) is 2.90. The Morgan fingerprint density at radius 1 is 1.27 bits per heavy atom. The number of hydrogen-bond donors (Lipinski definition) is 0. The van der Waals surface area contributed by atoms with E-state index in [4.69, 9.17) is 4.74 Å². The first-order valence-corrected chi connectivity index (χ1v) is 10.7. The highest BCUT2D eigenvalue weighted by molar-refractivity contribution is 7.16. The molecule has 0 bridgehead atoms. The molecular formula is C20H19N3O5S2. The molecule has 3 rings (SSSR count). The number of benzene rings is 1. The van der Waals surface area contributed by atoms with Gasteiger partial charge in [0.05, 0.1) is 21.7 Å². The number of rotatable bonds is 6. The first-order chi connectivity index (χ1) is 14.3. The molecular weight excluding hydrogens is 426 g/mol. The quantitative estimate of drug-likeness (QED) is 0.247. The van der Waals surface area contributed by atoms with Crippen molar-refractivity contribution < 1.29 is 19.2 Å². The highest BCUT2D eigenvalue weighted by Crippen LogP contribution is 2.25. The normalized spacial score (nSPS) is 12.0. The summed E-state index contributed by atoms with van der Waals surface area (Å²) in [5, 5.41) is 10.8. The van der Waals surface area contributed by atoms with Crippen LogP contribution < -0.4 is 4.80 Å². The molecule has 10 heteroatoms. The van der Waals surface area contributed by atoms with Crippen LogP contribution in [0.25, 0.3) is 16.3 Å². The number of carbonyl (C=O) groups is 2. The van der Waals surface area contributed by atoms with Gasteiger partial charge in [-0.2, -0.15) is 4.99 Å². The van der Waals surface area contributed by atoms with E-state index in [1.54, 1.807) is 17.6 Å². The van der Waals surface area contributed by atoms with Gasteiger partial charge in [0, 0.05) is 17.0 Å². The Morgan fingerprint density at radius 2 is 2.03 bits per heavy atom. The van der Waals surface area contributed by atoms with E-state index in [1.807, 2.05) is 26.0 Å². The second-order valence-corrected chi connectivity index (χ2v) is 8.49. The maximum absolute atomic E-state index is 12.4. The molecule has 1 aromatic carbocycles. The number of nitrogens with zero attached hydrogens (tertiary/aromatic N) is 3. The molecule has 1 amide bonds. The summed E-state index contributed by atoms with van der Waals surface area (Å²) in [7, 11) is 0. The average Bonchev–Trinajstić information content (AvgIpc) is 3.27. The summed E-state index contributed by atoms with van der Waals surface area (Å²) in [6.45, 7) is 5.88. The Bertz CT molecular complexity index is 1230. The van der Waals surface area contributed by atoms with Crippen molar-refractivity contribution in [3.05, 3.63) is 61.3 Å². The molecule has 8 nitrogen and oxygen atoms in total. The molecule has 0 aliphatic rings. The third kappa shape index (κ3) is 4.89. The summed E-state index contributed by atoms with van der Waals surface area (Å²) in [5.41, 5.74) is 2.88. The molecule has 2 aromatic heterocycles. The van der Waals surface area contributed by atoms with Gasteiger partial charge in [0.1, 0.15) is 6.54 Å². The van der Waals surface area contributed by atoms with Crippen molar-refractivity contribution in [1.82, 2.24) is 4.57 Å². The van der Waals surface area contributed by atoms with Crippen LogP contribution in [0.1, 0.15) is 22.9 Å². The molecule has 0 aliphatic heterocycles. The van der Waals surface area contributed by atoms with Crippen molar-refractivity contribution >= 4 is 55.8 Å². The summed E-state index contributed by atoms with van der Waals surface area (Å²) in [6.07, 6.45) is 2.74. The minimum absolute atomic E-state index is 0.00154. The highest BCUT2D eigenvalue weighted by Gasteiger charge is 2.14. The molecule has 0 N–H and O–H groups in total. The van der Waals surface area contributed by atoms with Crippen LogP contribution in [0.3, 0.4) is 0 Å². The van der Waals surface area contributed by atoms with E-state index in [0.717, 1.165) is 32.7 Å². The number of amides is 1. The Hall–Kier alpha value is -3.11. The Kier molecular flexibility index (Phi) is 6.58. The monoisotopic (exact) mass is 445 g/mol. The van der Waals surface area contributed by atoms with Crippen molar-refractivity contribution in [2.75, 3.05) is 6.61 Å². The lowest BCUT2D eigenvalue weighted by atomic mass is 10.1. The first-order valence-electron chi connectivity index (χ1n) is 9.05. The molecule has 3 aromatic rings. The predicted molar refractivity (Wildman–Crippen MR) is 116 cm³/mol.